The second-order valence-corrected chi connectivity index (χ2v) is 9.20. The highest BCUT2D eigenvalue weighted by atomic mass is 32.1. The number of urea groups is 1. The van der Waals surface area contributed by atoms with Crippen LogP contribution in [0.25, 0.3) is 10.6 Å². The monoisotopic (exact) mass is 465 g/mol. The molecular formula is C26H31N3O3S. The van der Waals surface area contributed by atoms with E-state index in [1.165, 1.54) is 12.0 Å². The van der Waals surface area contributed by atoms with Crippen LogP contribution in [0.3, 0.4) is 0 Å². The summed E-state index contributed by atoms with van der Waals surface area (Å²) in [6.45, 7) is 4.54. The molecule has 1 unspecified atom stereocenters. The number of rotatable bonds is 9. The van der Waals surface area contributed by atoms with E-state index in [-0.39, 0.29) is 12.1 Å². The number of aromatic nitrogens is 1. The zero-order chi connectivity index (χ0) is 22.9. The first-order valence-electron chi connectivity index (χ1n) is 11.5. The standard InChI is InChI=1S/C26H31N3O3S/c1-19-8-10-21(11-9-19)25-28-23(18-33-25)12-13-27-26(30)29-22-6-4-5-20(15-22)16-31-17-24-7-2-3-14-32-24/h4-6,8-11,15,18,24H,2-3,7,12-14,16-17H2,1H3,(H2,27,29,30). The van der Waals surface area contributed by atoms with Crippen molar-refractivity contribution in [1.82, 2.24) is 10.3 Å². The number of aryl methyl sites for hydroxylation is 1. The van der Waals surface area contributed by atoms with Crippen molar-refractivity contribution >= 4 is 23.1 Å². The highest BCUT2D eigenvalue weighted by Crippen LogP contribution is 2.24. The molecule has 3 aromatic rings. The van der Waals surface area contributed by atoms with E-state index in [9.17, 15) is 4.79 Å². The summed E-state index contributed by atoms with van der Waals surface area (Å²) in [4.78, 5) is 17.0. The van der Waals surface area contributed by atoms with Crippen LogP contribution >= 0.6 is 11.3 Å². The van der Waals surface area contributed by atoms with Gasteiger partial charge in [0.05, 0.1) is 25.0 Å². The fourth-order valence-electron chi connectivity index (χ4n) is 3.72. The van der Waals surface area contributed by atoms with Gasteiger partial charge in [0, 0.05) is 36.2 Å². The van der Waals surface area contributed by atoms with Gasteiger partial charge in [-0.15, -0.1) is 11.3 Å². The van der Waals surface area contributed by atoms with Crippen LogP contribution in [0.1, 0.15) is 36.1 Å². The van der Waals surface area contributed by atoms with Crippen LogP contribution in [-0.2, 0) is 22.5 Å². The molecule has 0 bridgehead atoms. The number of hydrogen-bond acceptors (Lipinski definition) is 5. The lowest BCUT2D eigenvalue weighted by atomic mass is 10.1. The molecule has 1 atom stereocenters. The number of ether oxygens (including phenoxy) is 2. The number of carbonyl (C=O) groups is 1. The van der Waals surface area contributed by atoms with Gasteiger partial charge in [0.1, 0.15) is 5.01 Å². The molecule has 0 radical (unpaired) electrons. The van der Waals surface area contributed by atoms with Crippen molar-refractivity contribution in [3.05, 3.63) is 70.7 Å². The molecule has 33 heavy (non-hydrogen) atoms. The number of hydrogen-bond donors (Lipinski definition) is 2. The molecule has 2 aromatic carbocycles. The van der Waals surface area contributed by atoms with Gasteiger partial charge in [-0.25, -0.2) is 9.78 Å². The number of amides is 2. The minimum absolute atomic E-state index is 0.205. The number of nitrogens with zero attached hydrogens (tertiary/aromatic N) is 1. The van der Waals surface area contributed by atoms with Gasteiger partial charge in [0.15, 0.2) is 0 Å². The third-order valence-electron chi connectivity index (χ3n) is 5.55. The number of benzene rings is 2. The smallest absolute Gasteiger partial charge is 0.319 e. The molecule has 1 saturated heterocycles. The molecule has 0 spiro atoms. The fraction of sp³-hybridized carbons (Fsp3) is 0.385. The maximum absolute atomic E-state index is 12.3. The van der Waals surface area contributed by atoms with E-state index in [0.717, 1.165) is 47.0 Å². The Bertz CT molecular complexity index is 1030. The summed E-state index contributed by atoms with van der Waals surface area (Å²) < 4.78 is 11.5. The van der Waals surface area contributed by atoms with Crippen LogP contribution in [0.4, 0.5) is 10.5 Å². The van der Waals surface area contributed by atoms with E-state index in [4.69, 9.17) is 9.47 Å². The van der Waals surface area contributed by atoms with Crippen molar-refractivity contribution < 1.29 is 14.3 Å². The first-order valence-corrected chi connectivity index (χ1v) is 12.4. The van der Waals surface area contributed by atoms with Gasteiger partial charge in [-0.1, -0.05) is 42.0 Å². The van der Waals surface area contributed by atoms with Crippen LogP contribution < -0.4 is 10.6 Å². The molecule has 7 heteroatoms. The van der Waals surface area contributed by atoms with Crippen LogP contribution in [0.15, 0.2) is 53.9 Å². The van der Waals surface area contributed by atoms with E-state index >= 15 is 0 Å². The molecule has 1 aliphatic heterocycles. The van der Waals surface area contributed by atoms with Gasteiger partial charge in [0.2, 0.25) is 0 Å². The third kappa shape index (κ3) is 7.39. The minimum atomic E-state index is -0.224. The summed E-state index contributed by atoms with van der Waals surface area (Å²) in [5, 5.41) is 8.86. The highest BCUT2D eigenvalue weighted by Gasteiger charge is 2.13. The van der Waals surface area contributed by atoms with E-state index in [1.54, 1.807) is 11.3 Å². The predicted octanol–water partition coefficient (Wildman–Crippen LogP) is 5.57. The molecule has 6 nitrogen and oxygen atoms in total. The lowest BCUT2D eigenvalue weighted by Gasteiger charge is -2.22. The van der Waals surface area contributed by atoms with Crippen molar-refractivity contribution in [2.45, 2.75) is 45.3 Å². The predicted molar refractivity (Wildman–Crippen MR) is 133 cm³/mol. The second kappa shape index (κ2) is 11.9. The number of carbonyl (C=O) groups excluding carboxylic acids is 1. The molecule has 0 saturated carbocycles. The maximum atomic E-state index is 12.3. The Balaban J connectivity index is 1.18. The van der Waals surface area contributed by atoms with Crippen molar-refractivity contribution in [3.63, 3.8) is 0 Å². The minimum Gasteiger partial charge on any atom is -0.376 e. The maximum Gasteiger partial charge on any atom is 0.319 e. The van der Waals surface area contributed by atoms with Crippen LogP contribution in [0.2, 0.25) is 0 Å². The van der Waals surface area contributed by atoms with Gasteiger partial charge in [-0.2, -0.15) is 0 Å². The van der Waals surface area contributed by atoms with Crippen LogP contribution in [0.5, 0.6) is 0 Å². The van der Waals surface area contributed by atoms with Gasteiger partial charge in [-0.05, 0) is 43.9 Å². The van der Waals surface area contributed by atoms with Crippen LogP contribution in [0, 0.1) is 6.92 Å². The van der Waals surface area contributed by atoms with Gasteiger partial charge in [0.25, 0.3) is 0 Å². The molecule has 1 aliphatic rings. The van der Waals surface area contributed by atoms with Crippen molar-refractivity contribution in [2.75, 3.05) is 25.1 Å². The molecule has 1 fully saturated rings. The molecule has 2 heterocycles. The van der Waals surface area contributed by atoms with E-state index in [2.05, 4.69) is 52.2 Å². The van der Waals surface area contributed by atoms with E-state index < -0.39 is 0 Å². The third-order valence-corrected chi connectivity index (χ3v) is 6.49. The number of thiazole rings is 1. The first kappa shape index (κ1) is 23.4. The van der Waals surface area contributed by atoms with E-state index in [0.29, 0.717) is 26.2 Å². The Morgan fingerprint density at radius 1 is 1.21 bits per heavy atom. The zero-order valence-corrected chi connectivity index (χ0v) is 19.8. The molecule has 174 valence electrons. The Morgan fingerprint density at radius 2 is 2.09 bits per heavy atom. The van der Waals surface area contributed by atoms with Gasteiger partial charge in [-0.3, -0.25) is 0 Å². The molecule has 4 rings (SSSR count). The molecule has 1 aromatic heterocycles. The van der Waals surface area contributed by atoms with Gasteiger partial charge >= 0.3 is 6.03 Å². The summed E-state index contributed by atoms with van der Waals surface area (Å²) in [6.07, 6.45) is 4.31. The summed E-state index contributed by atoms with van der Waals surface area (Å²) >= 11 is 1.63. The molecule has 2 N–H and O–H groups in total. The van der Waals surface area contributed by atoms with Crippen LogP contribution in [-0.4, -0.2) is 36.9 Å². The SMILES string of the molecule is Cc1ccc(-c2nc(CCNC(=O)Nc3cccc(COCC4CCCCO4)c3)cs2)cc1. The Morgan fingerprint density at radius 3 is 2.91 bits per heavy atom. The summed E-state index contributed by atoms with van der Waals surface area (Å²) in [5.41, 5.74) is 5.11. The first-order chi connectivity index (χ1) is 16.2. The van der Waals surface area contributed by atoms with Crippen molar-refractivity contribution in [3.8, 4) is 10.6 Å². The second-order valence-electron chi connectivity index (χ2n) is 8.35. The zero-order valence-electron chi connectivity index (χ0n) is 19.0. The topological polar surface area (TPSA) is 72.5 Å². The average Bonchev–Trinajstić information content (AvgIpc) is 3.29. The van der Waals surface area contributed by atoms with Crippen molar-refractivity contribution in [2.24, 2.45) is 0 Å². The quantitative estimate of drug-likeness (QED) is 0.433. The number of anilines is 1. The summed E-state index contributed by atoms with van der Waals surface area (Å²) in [7, 11) is 0. The molecular weight excluding hydrogens is 434 g/mol. The normalized spacial score (nSPS) is 15.8. The Hall–Kier alpha value is -2.74. The average molecular weight is 466 g/mol. The fourth-order valence-corrected chi connectivity index (χ4v) is 4.58. The van der Waals surface area contributed by atoms with Gasteiger partial charge < -0.3 is 20.1 Å². The molecule has 0 aliphatic carbocycles. The summed E-state index contributed by atoms with van der Waals surface area (Å²) in [5.74, 6) is 0. The Labute approximate surface area is 199 Å². The Kier molecular flexibility index (Phi) is 8.47. The lowest BCUT2D eigenvalue weighted by molar-refractivity contribution is -0.0447. The van der Waals surface area contributed by atoms with E-state index in [1.807, 2.05) is 24.3 Å². The lowest BCUT2D eigenvalue weighted by Crippen LogP contribution is -2.30. The van der Waals surface area contributed by atoms with Crippen molar-refractivity contribution in [1.29, 1.82) is 0 Å². The summed E-state index contributed by atoms with van der Waals surface area (Å²) in [6, 6.07) is 15.9. The number of nitrogens with one attached hydrogen (secondary N) is 2. The molecule has 2 amide bonds. The highest BCUT2D eigenvalue weighted by molar-refractivity contribution is 7.13. The largest absolute Gasteiger partial charge is 0.376 e.